The van der Waals surface area contributed by atoms with E-state index in [2.05, 4.69) is 22.2 Å². The fraction of sp³-hybridized carbons (Fsp3) is 0.280. The number of hydrogen-bond acceptors (Lipinski definition) is 4. The van der Waals surface area contributed by atoms with E-state index in [0.29, 0.717) is 35.9 Å². The molecular formula is C25H24FN3O2. The van der Waals surface area contributed by atoms with E-state index < -0.39 is 0 Å². The first kappa shape index (κ1) is 19.7. The van der Waals surface area contributed by atoms with Gasteiger partial charge in [-0.1, -0.05) is 24.8 Å². The van der Waals surface area contributed by atoms with Crippen LogP contribution in [-0.4, -0.2) is 30.1 Å². The van der Waals surface area contributed by atoms with Gasteiger partial charge in [0, 0.05) is 34.3 Å². The molecule has 1 aliphatic heterocycles. The Morgan fingerprint density at radius 2 is 1.97 bits per heavy atom. The Morgan fingerprint density at radius 1 is 1.16 bits per heavy atom. The second-order valence-corrected chi connectivity index (χ2v) is 8.37. The highest BCUT2D eigenvalue weighted by atomic mass is 19.1. The number of aromatic nitrogens is 1. The molecule has 2 aliphatic rings. The number of rotatable bonds is 6. The van der Waals surface area contributed by atoms with Gasteiger partial charge in [0.15, 0.2) is 0 Å². The summed E-state index contributed by atoms with van der Waals surface area (Å²) in [7, 11) is 0. The first-order chi connectivity index (χ1) is 15.0. The Morgan fingerprint density at radius 3 is 2.68 bits per heavy atom. The Bertz CT molecular complexity index is 1200. The van der Waals surface area contributed by atoms with Gasteiger partial charge in [-0.15, -0.1) is 0 Å². The van der Waals surface area contributed by atoms with Crippen LogP contribution in [0.15, 0.2) is 49.2 Å². The number of anilines is 1. The van der Waals surface area contributed by atoms with Crippen LogP contribution in [0.4, 0.5) is 10.2 Å². The normalized spacial score (nSPS) is 16.1. The quantitative estimate of drug-likeness (QED) is 0.613. The molecule has 0 spiro atoms. The average molecular weight is 417 g/mol. The van der Waals surface area contributed by atoms with Crippen molar-refractivity contribution in [1.29, 1.82) is 0 Å². The van der Waals surface area contributed by atoms with Gasteiger partial charge >= 0.3 is 0 Å². The number of hydrogen-bond donors (Lipinski definition) is 2. The second-order valence-electron chi connectivity index (χ2n) is 8.37. The third-order valence-electron chi connectivity index (χ3n) is 5.90. The van der Waals surface area contributed by atoms with Gasteiger partial charge in [0.25, 0.3) is 0 Å². The summed E-state index contributed by atoms with van der Waals surface area (Å²) in [5, 5.41) is 7.93. The molecule has 5 nitrogen and oxygen atoms in total. The molecule has 6 heteroatoms. The zero-order chi connectivity index (χ0) is 21.5. The molecule has 1 saturated heterocycles. The first-order valence-electron chi connectivity index (χ1n) is 10.5. The van der Waals surface area contributed by atoms with E-state index >= 15 is 4.39 Å². The van der Waals surface area contributed by atoms with E-state index in [-0.39, 0.29) is 23.7 Å². The number of pyridine rings is 1. The molecule has 0 atom stereocenters. The van der Waals surface area contributed by atoms with E-state index in [0.717, 1.165) is 34.7 Å². The summed E-state index contributed by atoms with van der Waals surface area (Å²) < 4.78 is 20.7. The SMILES string of the molecule is C=C(NC1COC1)c1ccc(C)c(-c2ccc3cc(NC(=O)C4CC4)ncc3c2)c1F. The van der Waals surface area contributed by atoms with Crippen LogP contribution in [0.2, 0.25) is 0 Å². The van der Waals surface area contributed by atoms with Crippen LogP contribution < -0.4 is 10.6 Å². The van der Waals surface area contributed by atoms with E-state index in [4.69, 9.17) is 4.74 Å². The van der Waals surface area contributed by atoms with Crippen molar-refractivity contribution >= 4 is 28.2 Å². The summed E-state index contributed by atoms with van der Waals surface area (Å²) >= 11 is 0. The van der Waals surface area contributed by atoms with E-state index in [1.54, 1.807) is 12.3 Å². The van der Waals surface area contributed by atoms with Crippen molar-refractivity contribution < 1.29 is 13.9 Å². The van der Waals surface area contributed by atoms with Crippen molar-refractivity contribution in [3.05, 3.63) is 66.1 Å². The lowest BCUT2D eigenvalue weighted by Crippen LogP contribution is -2.44. The number of ether oxygens (including phenoxy) is 1. The van der Waals surface area contributed by atoms with Gasteiger partial charge in [-0.05, 0) is 54.5 Å². The molecule has 0 unspecified atom stereocenters. The summed E-state index contributed by atoms with van der Waals surface area (Å²) in [4.78, 5) is 16.4. The molecule has 0 bridgehead atoms. The average Bonchev–Trinajstić information content (AvgIpc) is 3.56. The lowest BCUT2D eigenvalue weighted by atomic mass is 9.94. The monoisotopic (exact) mass is 417 g/mol. The Labute approximate surface area is 180 Å². The maximum Gasteiger partial charge on any atom is 0.228 e. The van der Waals surface area contributed by atoms with Crippen LogP contribution in [-0.2, 0) is 9.53 Å². The number of amides is 1. The van der Waals surface area contributed by atoms with Crippen LogP contribution in [0.1, 0.15) is 24.0 Å². The van der Waals surface area contributed by atoms with Gasteiger partial charge in [-0.3, -0.25) is 4.79 Å². The Balaban J connectivity index is 1.45. The van der Waals surface area contributed by atoms with E-state index in [1.165, 1.54) is 0 Å². The van der Waals surface area contributed by atoms with Gasteiger partial charge in [-0.2, -0.15) is 0 Å². The predicted octanol–water partition coefficient (Wildman–Crippen LogP) is 4.66. The summed E-state index contributed by atoms with van der Waals surface area (Å²) in [5.74, 6) is 0.404. The van der Waals surface area contributed by atoms with E-state index in [1.807, 2.05) is 37.3 Å². The van der Waals surface area contributed by atoms with Gasteiger partial charge in [0.2, 0.25) is 5.91 Å². The second kappa shape index (κ2) is 7.78. The van der Waals surface area contributed by atoms with Gasteiger partial charge in [-0.25, -0.2) is 9.37 Å². The predicted molar refractivity (Wildman–Crippen MR) is 120 cm³/mol. The third-order valence-corrected chi connectivity index (χ3v) is 5.90. The number of benzene rings is 2. The summed E-state index contributed by atoms with van der Waals surface area (Å²) in [6.45, 7) is 7.14. The molecule has 0 radical (unpaired) electrons. The zero-order valence-corrected chi connectivity index (χ0v) is 17.4. The van der Waals surface area contributed by atoms with Crippen LogP contribution in [0.3, 0.4) is 0 Å². The smallest absolute Gasteiger partial charge is 0.228 e. The minimum atomic E-state index is -0.293. The molecule has 5 rings (SSSR count). The van der Waals surface area contributed by atoms with Crippen LogP contribution >= 0.6 is 0 Å². The molecule has 1 amide bonds. The maximum atomic E-state index is 15.5. The molecule has 1 aliphatic carbocycles. The Kier molecular flexibility index (Phi) is 4.94. The van der Waals surface area contributed by atoms with Gasteiger partial charge < -0.3 is 15.4 Å². The number of halogens is 1. The van der Waals surface area contributed by atoms with Crippen LogP contribution in [0, 0.1) is 18.7 Å². The number of fused-ring (bicyclic) bond motifs is 1. The molecule has 2 heterocycles. The molecule has 31 heavy (non-hydrogen) atoms. The highest BCUT2D eigenvalue weighted by molar-refractivity contribution is 5.96. The number of carbonyl (C=O) groups excluding carboxylic acids is 1. The Hall–Kier alpha value is -3.25. The molecule has 158 valence electrons. The maximum absolute atomic E-state index is 15.5. The number of carbonyl (C=O) groups is 1. The topological polar surface area (TPSA) is 63.2 Å². The number of nitrogens with one attached hydrogen (secondary N) is 2. The van der Waals surface area contributed by atoms with Crippen LogP contribution in [0.5, 0.6) is 0 Å². The fourth-order valence-electron chi connectivity index (χ4n) is 3.84. The largest absolute Gasteiger partial charge is 0.378 e. The fourth-order valence-corrected chi connectivity index (χ4v) is 3.84. The number of nitrogens with zero attached hydrogens (tertiary/aromatic N) is 1. The van der Waals surface area contributed by atoms with Crippen LogP contribution in [0.25, 0.3) is 27.6 Å². The minimum absolute atomic E-state index is 0.0280. The molecule has 1 saturated carbocycles. The molecule has 2 N–H and O–H groups in total. The summed E-state index contributed by atoms with van der Waals surface area (Å²) in [6, 6.07) is 11.5. The molecule has 2 fully saturated rings. The molecular weight excluding hydrogens is 393 g/mol. The summed E-state index contributed by atoms with van der Waals surface area (Å²) in [6.07, 6.45) is 3.61. The van der Waals surface area contributed by atoms with Gasteiger partial charge in [0.05, 0.1) is 19.3 Å². The van der Waals surface area contributed by atoms with Crippen molar-refractivity contribution in [3.63, 3.8) is 0 Å². The van der Waals surface area contributed by atoms with Crippen molar-refractivity contribution in [2.45, 2.75) is 25.8 Å². The van der Waals surface area contributed by atoms with Crippen molar-refractivity contribution in [1.82, 2.24) is 10.3 Å². The molecule has 1 aromatic heterocycles. The standard InChI is InChI=1S/C25H24FN3O2/c1-14-3-8-21(15(2)28-20-12-31-13-20)24(26)23(14)18-7-6-17-10-22(27-11-19(17)9-18)29-25(30)16-4-5-16/h3,6-11,16,20,28H,2,4-5,12-13H2,1H3,(H,27,29,30). The highest BCUT2D eigenvalue weighted by Gasteiger charge is 2.29. The minimum Gasteiger partial charge on any atom is -0.378 e. The lowest BCUT2D eigenvalue weighted by molar-refractivity contribution is -0.117. The van der Waals surface area contributed by atoms with Crippen molar-refractivity contribution in [3.8, 4) is 11.1 Å². The highest BCUT2D eigenvalue weighted by Crippen LogP contribution is 2.34. The third kappa shape index (κ3) is 3.91. The van der Waals surface area contributed by atoms with Gasteiger partial charge in [0.1, 0.15) is 11.6 Å². The first-order valence-corrected chi connectivity index (χ1v) is 10.5. The lowest BCUT2D eigenvalue weighted by Gasteiger charge is -2.29. The van der Waals surface area contributed by atoms with E-state index in [9.17, 15) is 4.79 Å². The molecule has 3 aromatic rings. The number of aryl methyl sites for hydroxylation is 1. The molecule has 2 aromatic carbocycles. The van der Waals surface area contributed by atoms with Crippen molar-refractivity contribution in [2.75, 3.05) is 18.5 Å². The summed E-state index contributed by atoms with van der Waals surface area (Å²) in [5.41, 5.74) is 3.20. The zero-order valence-electron chi connectivity index (χ0n) is 17.4. The van der Waals surface area contributed by atoms with Crippen molar-refractivity contribution in [2.24, 2.45) is 5.92 Å².